The number of hydrogen-bond acceptors (Lipinski definition) is 9. The number of nitrogens with one attached hydrogen (secondary N) is 2. The number of urea groups is 1. The molecular weight excluding hydrogens is 439 g/mol. The predicted molar refractivity (Wildman–Crippen MR) is 108 cm³/mol. The highest BCUT2D eigenvalue weighted by molar-refractivity contribution is 7.90. The molecule has 2 amide bonds. The summed E-state index contributed by atoms with van der Waals surface area (Å²) in [5.74, 6) is -1.84. The van der Waals surface area contributed by atoms with E-state index in [4.69, 9.17) is 14.2 Å². The van der Waals surface area contributed by atoms with Gasteiger partial charge in [0.25, 0.3) is 10.0 Å². The van der Waals surface area contributed by atoms with Gasteiger partial charge in [-0.05, 0) is 20.8 Å². The molecule has 0 atom stereocenters. The van der Waals surface area contributed by atoms with E-state index in [9.17, 15) is 17.6 Å². The van der Waals surface area contributed by atoms with Crippen LogP contribution in [-0.4, -0.2) is 51.4 Å². The van der Waals surface area contributed by atoms with Crippen molar-refractivity contribution in [3.05, 3.63) is 28.1 Å². The Bertz CT molecular complexity index is 976. The summed E-state index contributed by atoms with van der Waals surface area (Å²) in [6.07, 6.45) is 0. The van der Waals surface area contributed by atoms with E-state index in [1.54, 1.807) is 20.8 Å². The minimum Gasteiger partial charge on any atom is -0.481 e. The van der Waals surface area contributed by atoms with Crippen LogP contribution < -0.4 is 14.8 Å². The SMILES string of the molecule is CCOC(CF)(OCC)c1cscc1S(=O)(=O)NC(=O)Nc1nc(C)cc(OC)n1. The number of alkyl halides is 1. The molecule has 0 unspecified atom stereocenters. The van der Waals surface area contributed by atoms with Crippen molar-refractivity contribution in [3.8, 4) is 5.88 Å². The van der Waals surface area contributed by atoms with Gasteiger partial charge in [-0.25, -0.2) is 27.3 Å². The summed E-state index contributed by atoms with van der Waals surface area (Å²) in [6, 6.07) is 0.439. The van der Waals surface area contributed by atoms with Crippen molar-refractivity contribution < 1.29 is 31.8 Å². The van der Waals surface area contributed by atoms with Crippen LogP contribution in [0.5, 0.6) is 5.88 Å². The van der Waals surface area contributed by atoms with E-state index in [1.807, 2.05) is 4.72 Å². The standard InChI is InChI=1S/C17H23FN4O6S2/c1-5-27-17(10-18,28-6-2)12-8-29-9-13(12)30(24,25)22-16(23)21-15-19-11(3)7-14(20-15)26-4/h7-9H,5-6,10H2,1-4H3,(H2,19,20,21,22,23). The Kier molecular flexibility index (Phi) is 8.06. The summed E-state index contributed by atoms with van der Waals surface area (Å²) in [6.45, 7) is 3.97. The number of aryl methyl sites for hydroxylation is 1. The van der Waals surface area contributed by atoms with Crippen molar-refractivity contribution in [1.82, 2.24) is 14.7 Å². The third-order valence-corrected chi connectivity index (χ3v) is 6.01. The molecule has 13 heteroatoms. The van der Waals surface area contributed by atoms with Crippen LogP contribution in [0, 0.1) is 6.92 Å². The van der Waals surface area contributed by atoms with E-state index in [-0.39, 0.29) is 35.5 Å². The minimum absolute atomic E-state index is 0.0347. The smallest absolute Gasteiger partial charge is 0.335 e. The summed E-state index contributed by atoms with van der Waals surface area (Å²) in [5, 5.41) is 4.91. The van der Waals surface area contributed by atoms with Crippen LogP contribution in [0.25, 0.3) is 0 Å². The van der Waals surface area contributed by atoms with E-state index >= 15 is 0 Å². The first-order valence-electron chi connectivity index (χ1n) is 8.85. The van der Waals surface area contributed by atoms with Crippen molar-refractivity contribution in [2.75, 3.05) is 32.3 Å². The van der Waals surface area contributed by atoms with Gasteiger partial charge in [0.05, 0.1) is 7.11 Å². The number of aromatic nitrogens is 2. The number of amides is 2. The molecule has 0 saturated carbocycles. The number of halogens is 1. The monoisotopic (exact) mass is 462 g/mol. The zero-order valence-electron chi connectivity index (χ0n) is 16.9. The van der Waals surface area contributed by atoms with Crippen LogP contribution >= 0.6 is 11.3 Å². The van der Waals surface area contributed by atoms with Gasteiger partial charge in [0.2, 0.25) is 17.6 Å². The number of sulfonamides is 1. The maximum absolute atomic E-state index is 13.9. The first-order valence-corrected chi connectivity index (χ1v) is 11.3. The molecule has 0 radical (unpaired) electrons. The molecule has 2 aromatic heterocycles. The fourth-order valence-electron chi connectivity index (χ4n) is 2.59. The lowest BCUT2D eigenvalue weighted by atomic mass is 10.1. The van der Waals surface area contributed by atoms with Gasteiger partial charge in [-0.3, -0.25) is 5.32 Å². The number of ether oxygens (including phenoxy) is 3. The molecule has 0 aliphatic heterocycles. The molecule has 2 aromatic rings. The fraction of sp³-hybridized carbons (Fsp3) is 0.471. The van der Waals surface area contributed by atoms with Gasteiger partial charge < -0.3 is 14.2 Å². The Hall–Kier alpha value is -2.35. The first kappa shape index (κ1) is 23.9. The van der Waals surface area contributed by atoms with Crippen LogP contribution in [-0.2, 0) is 25.3 Å². The summed E-state index contributed by atoms with van der Waals surface area (Å²) in [7, 11) is -3.00. The van der Waals surface area contributed by atoms with Crippen LogP contribution in [0.1, 0.15) is 25.1 Å². The molecule has 0 aliphatic rings. The number of carbonyl (C=O) groups excluding carboxylic acids is 1. The lowest BCUT2D eigenvalue weighted by Gasteiger charge is -2.30. The van der Waals surface area contributed by atoms with E-state index in [1.165, 1.54) is 23.9 Å². The van der Waals surface area contributed by atoms with E-state index in [0.717, 1.165) is 11.3 Å². The van der Waals surface area contributed by atoms with Crippen molar-refractivity contribution >= 4 is 33.3 Å². The molecule has 0 aliphatic carbocycles. The van der Waals surface area contributed by atoms with Gasteiger partial charge in [0.1, 0.15) is 11.6 Å². The summed E-state index contributed by atoms with van der Waals surface area (Å²) in [5.41, 5.74) is 0.466. The Morgan fingerprint density at radius 1 is 1.23 bits per heavy atom. The lowest BCUT2D eigenvalue weighted by Crippen LogP contribution is -2.39. The topological polar surface area (TPSA) is 129 Å². The average Bonchev–Trinajstić information content (AvgIpc) is 3.18. The van der Waals surface area contributed by atoms with Gasteiger partial charge in [0.15, 0.2) is 0 Å². The number of anilines is 1. The second-order valence-electron chi connectivity index (χ2n) is 5.84. The summed E-state index contributed by atoms with van der Waals surface area (Å²) in [4.78, 5) is 19.8. The number of thiophene rings is 1. The molecule has 0 bridgehead atoms. The number of carbonyl (C=O) groups is 1. The second-order valence-corrected chi connectivity index (χ2v) is 8.23. The van der Waals surface area contributed by atoms with Crippen LogP contribution in [0.4, 0.5) is 15.1 Å². The number of hydrogen-bond donors (Lipinski definition) is 2. The van der Waals surface area contributed by atoms with Crippen molar-refractivity contribution in [1.29, 1.82) is 0 Å². The van der Waals surface area contributed by atoms with E-state index in [0.29, 0.717) is 5.69 Å². The van der Waals surface area contributed by atoms with Crippen LogP contribution in [0.2, 0.25) is 0 Å². The van der Waals surface area contributed by atoms with Crippen molar-refractivity contribution in [2.45, 2.75) is 31.5 Å². The van der Waals surface area contributed by atoms with Gasteiger partial charge in [-0.2, -0.15) is 16.3 Å². The van der Waals surface area contributed by atoms with Crippen molar-refractivity contribution in [3.63, 3.8) is 0 Å². The molecular formula is C17H23FN4O6S2. The first-order chi connectivity index (χ1) is 14.2. The summed E-state index contributed by atoms with van der Waals surface area (Å²) < 4.78 is 57.2. The van der Waals surface area contributed by atoms with Gasteiger partial charge in [-0.1, -0.05) is 0 Å². The Morgan fingerprint density at radius 2 is 1.90 bits per heavy atom. The molecule has 10 nitrogen and oxygen atoms in total. The molecule has 0 aromatic carbocycles. The molecule has 0 spiro atoms. The van der Waals surface area contributed by atoms with E-state index < -0.39 is 28.5 Å². The molecule has 0 saturated heterocycles. The molecule has 0 fully saturated rings. The lowest BCUT2D eigenvalue weighted by molar-refractivity contribution is -0.251. The highest BCUT2D eigenvalue weighted by Crippen LogP contribution is 2.35. The fourth-order valence-corrected chi connectivity index (χ4v) is 5.01. The second kappa shape index (κ2) is 10.1. The molecule has 2 rings (SSSR count). The average molecular weight is 463 g/mol. The maximum atomic E-state index is 13.9. The number of methoxy groups -OCH3 is 1. The van der Waals surface area contributed by atoms with Gasteiger partial charge in [-0.15, -0.1) is 0 Å². The largest absolute Gasteiger partial charge is 0.481 e. The van der Waals surface area contributed by atoms with Crippen LogP contribution in [0.15, 0.2) is 21.7 Å². The zero-order valence-corrected chi connectivity index (χ0v) is 18.5. The highest BCUT2D eigenvalue weighted by atomic mass is 32.2. The maximum Gasteiger partial charge on any atom is 0.335 e. The minimum atomic E-state index is -4.39. The molecule has 166 valence electrons. The quantitative estimate of drug-likeness (QED) is 0.516. The molecule has 30 heavy (non-hydrogen) atoms. The third kappa shape index (κ3) is 5.41. The van der Waals surface area contributed by atoms with Crippen LogP contribution in [0.3, 0.4) is 0 Å². The van der Waals surface area contributed by atoms with Crippen molar-refractivity contribution in [2.24, 2.45) is 0 Å². The third-order valence-electron chi connectivity index (χ3n) is 3.75. The number of rotatable bonds is 10. The molecule has 2 N–H and O–H groups in total. The zero-order chi connectivity index (χ0) is 22.4. The summed E-state index contributed by atoms with van der Waals surface area (Å²) >= 11 is 1.01. The predicted octanol–water partition coefficient (Wildman–Crippen LogP) is 2.56. The normalized spacial score (nSPS) is 11.9. The van der Waals surface area contributed by atoms with Gasteiger partial charge in [0, 0.05) is 41.3 Å². The Morgan fingerprint density at radius 3 is 2.47 bits per heavy atom. The Labute approximate surface area is 177 Å². The number of nitrogens with zero attached hydrogens (tertiary/aromatic N) is 2. The van der Waals surface area contributed by atoms with E-state index in [2.05, 4.69) is 15.3 Å². The molecule has 2 heterocycles. The van der Waals surface area contributed by atoms with Gasteiger partial charge >= 0.3 is 6.03 Å². The highest BCUT2D eigenvalue weighted by Gasteiger charge is 2.40. The Balaban J connectivity index is 2.29.